The summed E-state index contributed by atoms with van der Waals surface area (Å²) >= 11 is 0. The molecule has 2 rings (SSSR count). The number of carbonyl (C=O) groups is 1. The minimum absolute atomic E-state index is 0.0437. The van der Waals surface area contributed by atoms with Gasteiger partial charge in [-0.05, 0) is 24.5 Å². The molecule has 0 aromatic heterocycles. The van der Waals surface area contributed by atoms with E-state index in [1.54, 1.807) is 11.8 Å². The van der Waals surface area contributed by atoms with E-state index < -0.39 is 26.6 Å². The van der Waals surface area contributed by atoms with Crippen molar-refractivity contribution in [2.75, 3.05) is 19.6 Å². The van der Waals surface area contributed by atoms with Gasteiger partial charge in [-0.15, -0.1) is 0 Å². The molecule has 1 aliphatic heterocycles. The summed E-state index contributed by atoms with van der Waals surface area (Å²) in [6.07, 6.45) is 1.33. The Hall–Kier alpha value is -1.54. The molecule has 0 bridgehead atoms. The van der Waals surface area contributed by atoms with Crippen molar-refractivity contribution >= 4 is 15.9 Å². The Labute approximate surface area is 128 Å². The maximum absolute atomic E-state index is 13.6. The molecule has 22 heavy (non-hydrogen) atoms. The van der Waals surface area contributed by atoms with Gasteiger partial charge in [0, 0.05) is 26.1 Å². The van der Waals surface area contributed by atoms with Crippen molar-refractivity contribution in [1.29, 1.82) is 0 Å². The van der Waals surface area contributed by atoms with E-state index in [0.717, 1.165) is 24.6 Å². The average Bonchev–Trinajstić information content (AvgIpc) is 2.85. The maximum atomic E-state index is 13.6. The Morgan fingerprint density at radius 1 is 1.36 bits per heavy atom. The molecular weight excluding hydrogens is 314 g/mol. The largest absolute Gasteiger partial charge is 0.342 e. The van der Waals surface area contributed by atoms with Crippen LogP contribution in [-0.2, 0) is 14.8 Å². The van der Waals surface area contributed by atoms with Crippen LogP contribution in [0, 0.1) is 17.6 Å². The summed E-state index contributed by atoms with van der Waals surface area (Å²) in [6, 6.07) is 3.00. The van der Waals surface area contributed by atoms with E-state index in [0.29, 0.717) is 19.5 Å². The van der Waals surface area contributed by atoms with Crippen molar-refractivity contribution in [2.24, 2.45) is 5.92 Å². The lowest BCUT2D eigenvalue weighted by molar-refractivity contribution is -0.128. The van der Waals surface area contributed by atoms with Crippen molar-refractivity contribution in [2.45, 2.75) is 24.7 Å². The Kier molecular flexibility index (Phi) is 5.12. The maximum Gasteiger partial charge on any atom is 0.243 e. The highest BCUT2D eigenvalue weighted by Gasteiger charge is 2.24. The van der Waals surface area contributed by atoms with Gasteiger partial charge >= 0.3 is 0 Å². The number of hydrogen-bond donors (Lipinski definition) is 1. The molecule has 1 aromatic carbocycles. The summed E-state index contributed by atoms with van der Waals surface area (Å²) in [4.78, 5) is 12.5. The lowest BCUT2D eigenvalue weighted by atomic mass is 10.2. The van der Waals surface area contributed by atoms with Crippen LogP contribution in [-0.4, -0.2) is 38.9 Å². The lowest BCUT2D eigenvalue weighted by Crippen LogP contribution is -2.36. The third-order valence-corrected chi connectivity index (χ3v) is 4.97. The Bertz CT molecular complexity index is 664. The minimum Gasteiger partial charge on any atom is -0.342 e. The third-order valence-electron chi connectivity index (χ3n) is 3.53. The topological polar surface area (TPSA) is 66.5 Å². The zero-order valence-electron chi connectivity index (χ0n) is 12.2. The van der Waals surface area contributed by atoms with E-state index >= 15 is 0 Å². The van der Waals surface area contributed by atoms with Crippen LogP contribution in [0.15, 0.2) is 23.1 Å². The second kappa shape index (κ2) is 6.70. The number of halogens is 2. The molecule has 1 unspecified atom stereocenters. The fourth-order valence-electron chi connectivity index (χ4n) is 2.36. The monoisotopic (exact) mass is 332 g/mol. The van der Waals surface area contributed by atoms with Crippen LogP contribution in [0.4, 0.5) is 8.78 Å². The normalized spacial score (nSPS) is 17.0. The van der Waals surface area contributed by atoms with E-state index in [1.165, 1.54) is 0 Å². The standard InChI is InChI=1S/C14H18F2N2O3S/c1-10(9-18-7-3-6-13(18)19)8-17-22(20,21)12-5-2-4-11(15)14(12)16/h2,4-5,10,17H,3,6-9H2,1H3. The molecular formula is C14H18F2N2O3S. The molecule has 0 saturated carbocycles. The number of sulfonamides is 1. The van der Waals surface area contributed by atoms with Gasteiger partial charge in [-0.2, -0.15) is 0 Å². The van der Waals surface area contributed by atoms with Crippen LogP contribution >= 0.6 is 0 Å². The number of rotatable bonds is 6. The predicted molar refractivity (Wildman–Crippen MR) is 76.5 cm³/mol. The predicted octanol–water partition coefficient (Wildman–Crippen LogP) is 1.50. The highest BCUT2D eigenvalue weighted by atomic mass is 32.2. The van der Waals surface area contributed by atoms with Gasteiger partial charge in [0.2, 0.25) is 15.9 Å². The zero-order valence-corrected chi connectivity index (χ0v) is 13.0. The number of benzene rings is 1. The number of carbonyl (C=O) groups excluding carboxylic acids is 1. The summed E-state index contributed by atoms with van der Waals surface area (Å²) < 4.78 is 52.9. The van der Waals surface area contributed by atoms with Gasteiger partial charge in [-0.1, -0.05) is 13.0 Å². The lowest BCUT2D eigenvalue weighted by Gasteiger charge is -2.21. The van der Waals surface area contributed by atoms with Crippen molar-refractivity contribution in [1.82, 2.24) is 9.62 Å². The summed E-state index contributed by atoms with van der Waals surface area (Å²) in [5, 5.41) is 0. The molecule has 1 aliphatic rings. The van der Waals surface area contributed by atoms with Crippen LogP contribution in [0.2, 0.25) is 0 Å². The van der Waals surface area contributed by atoms with E-state index in [1.807, 2.05) is 0 Å². The van der Waals surface area contributed by atoms with Crippen molar-refractivity contribution in [3.63, 3.8) is 0 Å². The Morgan fingerprint density at radius 3 is 2.73 bits per heavy atom. The van der Waals surface area contributed by atoms with E-state index in [4.69, 9.17) is 0 Å². The second-order valence-corrected chi connectivity index (χ2v) is 7.19. The van der Waals surface area contributed by atoms with Crippen LogP contribution in [0.5, 0.6) is 0 Å². The summed E-state index contributed by atoms with van der Waals surface area (Å²) in [5.74, 6) is -2.67. The van der Waals surface area contributed by atoms with Gasteiger partial charge in [0.25, 0.3) is 0 Å². The number of likely N-dealkylation sites (tertiary alicyclic amines) is 1. The second-order valence-electron chi connectivity index (χ2n) is 5.45. The SMILES string of the molecule is CC(CNS(=O)(=O)c1cccc(F)c1F)CN1CCCC1=O. The smallest absolute Gasteiger partial charge is 0.243 e. The Balaban J connectivity index is 1.97. The van der Waals surface area contributed by atoms with Crippen molar-refractivity contribution in [3.8, 4) is 0 Å². The number of nitrogens with zero attached hydrogens (tertiary/aromatic N) is 1. The molecule has 0 spiro atoms. The van der Waals surface area contributed by atoms with E-state index in [9.17, 15) is 22.0 Å². The van der Waals surface area contributed by atoms with Crippen LogP contribution < -0.4 is 4.72 Å². The van der Waals surface area contributed by atoms with Gasteiger partial charge in [-0.3, -0.25) is 4.79 Å². The molecule has 0 radical (unpaired) electrons. The molecule has 1 saturated heterocycles. The fraction of sp³-hybridized carbons (Fsp3) is 0.500. The summed E-state index contributed by atoms with van der Waals surface area (Å²) in [6.45, 7) is 2.94. The molecule has 1 atom stereocenters. The number of nitrogens with one attached hydrogen (secondary N) is 1. The Morgan fingerprint density at radius 2 is 2.09 bits per heavy atom. The van der Waals surface area contributed by atoms with Gasteiger partial charge in [0.05, 0.1) is 0 Å². The minimum atomic E-state index is -4.12. The van der Waals surface area contributed by atoms with Crippen molar-refractivity contribution < 1.29 is 22.0 Å². The van der Waals surface area contributed by atoms with Crippen LogP contribution in [0.25, 0.3) is 0 Å². The zero-order chi connectivity index (χ0) is 16.3. The molecule has 1 heterocycles. The van der Waals surface area contributed by atoms with Crippen molar-refractivity contribution in [3.05, 3.63) is 29.8 Å². The fourth-order valence-corrected chi connectivity index (χ4v) is 3.61. The average molecular weight is 332 g/mol. The summed E-state index contributed by atoms with van der Waals surface area (Å²) in [7, 11) is -4.12. The first-order valence-electron chi connectivity index (χ1n) is 7.02. The molecule has 1 N–H and O–H groups in total. The highest BCUT2D eigenvalue weighted by molar-refractivity contribution is 7.89. The highest BCUT2D eigenvalue weighted by Crippen LogP contribution is 2.17. The molecule has 1 amide bonds. The van der Waals surface area contributed by atoms with E-state index in [-0.39, 0.29) is 18.4 Å². The van der Waals surface area contributed by atoms with Gasteiger partial charge in [0.1, 0.15) is 4.90 Å². The first kappa shape index (κ1) is 16.8. The van der Waals surface area contributed by atoms with Gasteiger partial charge in [-0.25, -0.2) is 21.9 Å². The third kappa shape index (κ3) is 3.80. The summed E-state index contributed by atoms with van der Waals surface area (Å²) in [5.41, 5.74) is 0. The first-order chi connectivity index (χ1) is 10.3. The number of hydrogen-bond acceptors (Lipinski definition) is 3. The quantitative estimate of drug-likeness (QED) is 0.858. The van der Waals surface area contributed by atoms with Gasteiger partial charge < -0.3 is 4.90 Å². The molecule has 1 aromatic rings. The van der Waals surface area contributed by atoms with Gasteiger partial charge in [0.15, 0.2) is 11.6 Å². The molecule has 122 valence electrons. The molecule has 8 heteroatoms. The van der Waals surface area contributed by atoms with E-state index in [2.05, 4.69) is 4.72 Å². The first-order valence-corrected chi connectivity index (χ1v) is 8.51. The number of amides is 1. The van der Waals surface area contributed by atoms with Crippen LogP contribution in [0.3, 0.4) is 0 Å². The molecule has 5 nitrogen and oxygen atoms in total. The van der Waals surface area contributed by atoms with Crippen LogP contribution in [0.1, 0.15) is 19.8 Å². The molecule has 0 aliphatic carbocycles. The molecule has 1 fully saturated rings.